The number of alkyl halides is 3. The van der Waals surface area contributed by atoms with E-state index in [1.807, 2.05) is 0 Å². The van der Waals surface area contributed by atoms with Gasteiger partial charge in [-0.05, 0) is 18.6 Å². The number of carboxylic acid groups (broad SMARTS) is 1. The number of hydrogen-bond donors (Lipinski definition) is 1. The third-order valence-electron chi connectivity index (χ3n) is 3.35. The standard InChI is InChI=1S/C13H14F3N3O3/c14-13(15,16)10-3-2-9(8-17-10)11(20)18-4-1-5-19(7-6-18)12(21)22/h2-3,8H,1,4-7H2,(H,21,22). The molecular formula is C13H14F3N3O3. The summed E-state index contributed by atoms with van der Waals surface area (Å²) < 4.78 is 37.3. The lowest BCUT2D eigenvalue weighted by Gasteiger charge is -2.20. The molecule has 9 heteroatoms. The third-order valence-corrected chi connectivity index (χ3v) is 3.35. The van der Waals surface area contributed by atoms with Gasteiger partial charge in [0, 0.05) is 32.4 Å². The molecule has 120 valence electrons. The number of carbonyl (C=O) groups excluding carboxylic acids is 1. The molecule has 2 rings (SSSR count). The molecule has 1 aliphatic heterocycles. The molecule has 1 aromatic heterocycles. The van der Waals surface area contributed by atoms with Gasteiger partial charge in [-0.3, -0.25) is 9.78 Å². The predicted molar refractivity (Wildman–Crippen MR) is 69.4 cm³/mol. The van der Waals surface area contributed by atoms with Crippen LogP contribution in [-0.2, 0) is 6.18 Å². The molecule has 0 aromatic carbocycles. The summed E-state index contributed by atoms with van der Waals surface area (Å²) in [7, 11) is 0. The minimum atomic E-state index is -4.55. The van der Waals surface area contributed by atoms with Gasteiger partial charge in [-0.25, -0.2) is 4.79 Å². The van der Waals surface area contributed by atoms with Crippen LogP contribution in [0.2, 0.25) is 0 Å². The van der Waals surface area contributed by atoms with Gasteiger partial charge in [-0.15, -0.1) is 0 Å². The van der Waals surface area contributed by atoms with Crippen LogP contribution in [0.1, 0.15) is 22.5 Å². The minimum Gasteiger partial charge on any atom is -0.465 e. The molecule has 0 spiro atoms. The Morgan fingerprint density at radius 2 is 1.73 bits per heavy atom. The van der Waals surface area contributed by atoms with Crippen LogP contribution >= 0.6 is 0 Å². The fourth-order valence-electron chi connectivity index (χ4n) is 2.18. The Morgan fingerprint density at radius 3 is 2.27 bits per heavy atom. The largest absolute Gasteiger partial charge is 0.465 e. The molecule has 0 bridgehead atoms. The summed E-state index contributed by atoms with van der Waals surface area (Å²) in [6.45, 7) is 1.05. The molecule has 1 aromatic rings. The van der Waals surface area contributed by atoms with Crippen molar-refractivity contribution < 1.29 is 27.9 Å². The van der Waals surface area contributed by atoms with Gasteiger partial charge < -0.3 is 14.9 Å². The summed E-state index contributed by atoms with van der Waals surface area (Å²) in [5.41, 5.74) is -1.01. The number of aromatic nitrogens is 1. The van der Waals surface area contributed by atoms with Crippen molar-refractivity contribution in [3.63, 3.8) is 0 Å². The maximum atomic E-state index is 12.4. The molecule has 6 nitrogen and oxygen atoms in total. The normalized spacial score (nSPS) is 16.3. The van der Waals surface area contributed by atoms with Gasteiger partial charge in [0.15, 0.2) is 0 Å². The van der Waals surface area contributed by atoms with E-state index in [1.54, 1.807) is 0 Å². The van der Waals surface area contributed by atoms with Crippen LogP contribution < -0.4 is 0 Å². The highest BCUT2D eigenvalue weighted by molar-refractivity contribution is 5.94. The molecule has 0 unspecified atom stereocenters. The number of pyridine rings is 1. The quantitative estimate of drug-likeness (QED) is 0.859. The molecule has 2 amide bonds. The Bertz CT molecular complexity index is 560. The SMILES string of the molecule is O=C(O)N1CCCN(C(=O)c2ccc(C(F)(F)F)nc2)CC1. The van der Waals surface area contributed by atoms with Crippen molar-refractivity contribution in [2.45, 2.75) is 12.6 Å². The van der Waals surface area contributed by atoms with Gasteiger partial charge in [0.05, 0.1) is 5.56 Å². The number of hydrogen-bond acceptors (Lipinski definition) is 3. The van der Waals surface area contributed by atoms with Crippen molar-refractivity contribution in [2.75, 3.05) is 26.2 Å². The van der Waals surface area contributed by atoms with Crippen molar-refractivity contribution in [1.82, 2.24) is 14.8 Å². The van der Waals surface area contributed by atoms with E-state index in [-0.39, 0.29) is 18.7 Å². The van der Waals surface area contributed by atoms with Gasteiger partial charge in [0.25, 0.3) is 5.91 Å². The minimum absolute atomic E-state index is 0.0526. The summed E-state index contributed by atoms with van der Waals surface area (Å²) in [6.07, 6.45) is -4.23. The number of halogens is 3. The molecule has 1 fully saturated rings. The fraction of sp³-hybridized carbons (Fsp3) is 0.462. The van der Waals surface area contributed by atoms with Crippen molar-refractivity contribution in [2.24, 2.45) is 0 Å². The fourth-order valence-corrected chi connectivity index (χ4v) is 2.18. The lowest BCUT2D eigenvalue weighted by atomic mass is 10.2. The lowest BCUT2D eigenvalue weighted by Crippen LogP contribution is -2.36. The molecule has 1 aliphatic rings. The number of rotatable bonds is 1. The van der Waals surface area contributed by atoms with E-state index in [1.165, 1.54) is 9.80 Å². The molecule has 1 saturated heterocycles. The first-order valence-corrected chi connectivity index (χ1v) is 6.59. The molecule has 2 heterocycles. The van der Waals surface area contributed by atoms with E-state index in [0.717, 1.165) is 18.3 Å². The zero-order valence-corrected chi connectivity index (χ0v) is 11.5. The monoisotopic (exact) mass is 317 g/mol. The van der Waals surface area contributed by atoms with E-state index in [9.17, 15) is 22.8 Å². The molecule has 0 saturated carbocycles. The van der Waals surface area contributed by atoms with Gasteiger partial charge in [0.1, 0.15) is 5.69 Å². The van der Waals surface area contributed by atoms with Crippen LogP contribution in [0.15, 0.2) is 18.3 Å². The van der Waals surface area contributed by atoms with E-state index < -0.39 is 23.9 Å². The Kier molecular flexibility index (Phi) is 4.53. The van der Waals surface area contributed by atoms with E-state index in [0.29, 0.717) is 19.5 Å². The molecule has 0 atom stereocenters. The topological polar surface area (TPSA) is 73.7 Å². The van der Waals surface area contributed by atoms with Gasteiger partial charge in [-0.1, -0.05) is 0 Å². The van der Waals surface area contributed by atoms with Crippen LogP contribution in [0.3, 0.4) is 0 Å². The maximum Gasteiger partial charge on any atom is 0.433 e. The highest BCUT2D eigenvalue weighted by atomic mass is 19.4. The van der Waals surface area contributed by atoms with E-state index in [2.05, 4.69) is 4.98 Å². The zero-order chi connectivity index (χ0) is 16.3. The van der Waals surface area contributed by atoms with Crippen molar-refractivity contribution >= 4 is 12.0 Å². The van der Waals surface area contributed by atoms with E-state index >= 15 is 0 Å². The first-order chi connectivity index (χ1) is 10.3. The maximum absolute atomic E-state index is 12.4. The van der Waals surface area contributed by atoms with Crippen molar-refractivity contribution in [3.05, 3.63) is 29.6 Å². The van der Waals surface area contributed by atoms with Crippen LogP contribution in [0, 0.1) is 0 Å². The summed E-state index contributed by atoms with van der Waals surface area (Å²) in [6, 6.07) is 1.84. The second-order valence-electron chi connectivity index (χ2n) is 4.85. The van der Waals surface area contributed by atoms with Gasteiger partial charge >= 0.3 is 12.3 Å². The summed E-state index contributed by atoms with van der Waals surface area (Å²) in [5, 5.41) is 8.92. The Labute approximate surface area is 124 Å². The summed E-state index contributed by atoms with van der Waals surface area (Å²) in [4.78, 5) is 29.0. The molecule has 0 radical (unpaired) electrons. The zero-order valence-electron chi connectivity index (χ0n) is 11.5. The average molecular weight is 317 g/mol. The van der Waals surface area contributed by atoms with Crippen LogP contribution in [-0.4, -0.2) is 58.1 Å². The lowest BCUT2D eigenvalue weighted by molar-refractivity contribution is -0.141. The Morgan fingerprint density at radius 1 is 1.09 bits per heavy atom. The highest BCUT2D eigenvalue weighted by Crippen LogP contribution is 2.27. The molecular weight excluding hydrogens is 303 g/mol. The highest BCUT2D eigenvalue weighted by Gasteiger charge is 2.32. The predicted octanol–water partition coefficient (Wildman–Crippen LogP) is 1.93. The third kappa shape index (κ3) is 3.66. The summed E-state index contributed by atoms with van der Waals surface area (Å²) in [5.74, 6) is -0.450. The van der Waals surface area contributed by atoms with Crippen LogP contribution in [0.5, 0.6) is 0 Å². The number of carbonyl (C=O) groups is 2. The first kappa shape index (κ1) is 16.1. The Hall–Kier alpha value is -2.32. The molecule has 1 N–H and O–H groups in total. The van der Waals surface area contributed by atoms with Gasteiger partial charge in [0.2, 0.25) is 0 Å². The second kappa shape index (κ2) is 6.20. The number of amides is 2. The summed E-state index contributed by atoms with van der Waals surface area (Å²) >= 11 is 0. The van der Waals surface area contributed by atoms with Crippen LogP contribution in [0.4, 0.5) is 18.0 Å². The van der Waals surface area contributed by atoms with Crippen molar-refractivity contribution in [1.29, 1.82) is 0 Å². The van der Waals surface area contributed by atoms with Crippen LogP contribution in [0.25, 0.3) is 0 Å². The van der Waals surface area contributed by atoms with Gasteiger partial charge in [-0.2, -0.15) is 13.2 Å². The Balaban J connectivity index is 2.06. The average Bonchev–Trinajstić information content (AvgIpc) is 2.71. The van der Waals surface area contributed by atoms with E-state index in [4.69, 9.17) is 5.11 Å². The smallest absolute Gasteiger partial charge is 0.433 e. The molecule has 22 heavy (non-hydrogen) atoms. The second-order valence-corrected chi connectivity index (χ2v) is 4.85. The molecule has 0 aliphatic carbocycles. The van der Waals surface area contributed by atoms with Crippen molar-refractivity contribution in [3.8, 4) is 0 Å². The number of nitrogens with zero attached hydrogens (tertiary/aromatic N) is 3. The first-order valence-electron chi connectivity index (χ1n) is 6.59.